The first-order valence-electron chi connectivity index (χ1n) is 5.88. The van der Waals surface area contributed by atoms with Crippen molar-refractivity contribution in [2.45, 2.75) is 19.9 Å². The van der Waals surface area contributed by atoms with Gasteiger partial charge in [-0.25, -0.2) is 8.78 Å². The highest BCUT2D eigenvalue weighted by Crippen LogP contribution is 2.28. The van der Waals surface area contributed by atoms with Crippen LogP contribution in [-0.4, -0.2) is 0 Å². The molecule has 100 valence electrons. The predicted octanol–water partition coefficient (Wildman–Crippen LogP) is 4.39. The summed E-state index contributed by atoms with van der Waals surface area (Å²) in [6, 6.07) is 7.69. The van der Waals surface area contributed by atoms with E-state index in [1.54, 1.807) is 44.2 Å². The van der Waals surface area contributed by atoms with E-state index in [1.165, 1.54) is 0 Å². The van der Waals surface area contributed by atoms with E-state index < -0.39 is 6.04 Å². The first-order chi connectivity index (χ1) is 8.91. The molecule has 2 rings (SSSR count). The van der Waals surface area contributed by atoms with Gasteiger partial charge in [-0.2, -0.15) is 0 Å². The lowest BCUT2D eigenvalue weighted by molar-refractivity contribution is 0.590. The van der Waals surface area contributed by atoms with Gasteiger partial charge < -0.3 is 5.73 Å². The molecule has 0 saturated heterocycles. The Bertz CT molecular complexity index is 603. The van der Waals surface area contributed by atoms with Crippen molar-refractivity contribution in [1.29, 1.82) is 0 Å². The van der Waals surface area contributed by atoms with Crippen molar-refractivity contribution in [3.8, 4) is 0 Å². The van der Waals surface area contributed by atoms with Gasteiger partial charge in [0.2, 0.25) is 0 Å². The van der Waals surface area contributed by atoms with Crippen molar-refractivity contribution in [2.24, 2.45) is 5.73 Å². The molecule has 0 heterocycles. The summed E-state index contributed by atoms with van der Waals surface area (Å²) in [5.41, 5.74) is 8.21. The highest BCUT2D eigenvalue weighted by Gasteiger charge is 2.17. The van der Waals surface area contributed by atoms with Gasteiger partial charge in [0.1, 0.15) is 11.6 Å². The van der Waals surface area contributed by atoms with Crippen molar-refractivity contribution in [1.82, 2.24) is 0 Å². The summed E-state index contributed by atoms with van der Waals surface area (Å²) in [4.78, 5) is 0. The van der Waals surface area contributed by atoms with E-state index >= 15 is 0 Å². The number of rotatable bonds is 2. The third-order valence-electron chi connectivity index (χ3n) is 3.13. The maximum Gasteiger partial charge on any atom is 0.142 e. The molecule has 0 aromatic heterocycles. The Morgan fingerprint density at radius 2 is 1.63 bits per heavy atom. The van der Waals surface area contributed by atoms with Crippen molar-refractivity contribution in [3.05, 3.63) is 68.7 Å². The normalized spacial score (nSPS) is 12.5. The van der Waals surface area contributed by atoms with Gasteiger partial charge in [0.25, 0.3) is 0 Å². The molecule has 2 aromatic rings. The molecule has 0 spiro atoms. The molecule has 2 aromatic carbocycles. The van der Waals surface area contributed by atoms with Crippen LogP contribution in [0.5, 0.6) is 0 Å². The van der Waals surface area contributed by atoms with E-state index in [0.717, 1.165) is 0 Å². The van der Waals surface area contributed by atoms with Crippen molar-refractivity contribution in [2.75, 3.05) is 0 Å². The molecule has 0 radical (unpaired) electrons. The van der Waals surface area contributed by atoms with Crippen LogP contribution in [0.3, 0.4) is 0 Å². The van der Waals surface area contributed by atoms with E-state index in [0.29, 0.717) is 26.7 Å². The maximum atomic E-state index is 14.0. The molecular formula is C15H14BrF2N. The SMILES string of the molecule is Cc1cc(C(N)c2cccc(Br)c2F)cc(C)c1F. The average molecular weight is 326 g/mol. The molecule has 0 aliphatic rings. The third kappa shape index (κ3) is 2.69. The molecule has 0 bridgehead atoms. The summed E-state index contributed by atoms with van der Waals surface area (Å²) in [6.07, 6.45) is 0. The Morgan fingerprint density at radius 3 is 2.21 bits per heavy atom. The molecule has 1 nitrogen and oxygen atoms in total. The summed E-state index contributed by atoms with van der Waals surface area (Å²) in [5, 5.41) is 0. The largest absolute Gasteiger partial charge is 0.320 e. The molecule has 0 fully saturated rings. The monoisotopic (exact) mass is 325 g/mol. The number of aryl methyl sites for hydroxylation is 2. The Balaban J connectivity index is 2.50. The number of halogens is 3. The van der Waals surface area contributed by atoms with Crippen LogP contribution in [0, 0.1) is 25.5 Å². The number of benzene rings is 2. The Labute approximate surface area is 119 Å². The quantitative estimate of drug-likeness (QED) is 0.870. The van der Waals surface area contributed by atoms with E-state index in [4.69, 9.17) is 5.73 Å². The van der Waals surface area contributed by atoms with Crippen LogP contribution < -0.4 is 5.73 Å². The summed E-state index contributed by atoms with van der Waals surface area (Å²) < 4.78 is 28.0. The minimum atomic E-state index is -0.615. The second-order valence-electron chi connectivity index (χ2n) is 4.59. The van der Waals surface area contributed by atoms with Gasteiger partial charge in [-0.3, -0.25) is 0 Å². The molecule has 19 heavy (non-hydrogen) atoms. The highest BCUT2D eigenvalue weighted by molar-refractivity contribution is 9.10. The van der Waals surface area contributed by atoms with Crippen LogP contribution in [0.15, 0.2) is 34.8 Å². The second kappa shape index (κ2) is 5.39. The first kappa shape index (κ1) is 14.2. The number of nitrogens with two attached hydrogens (primary N) is 1. The Hall–Kier alpha value is -1.26. The third-order valence-corrected chi connectivity index (χ3v) is 3.75. The minimum absolute atomic E-state index is 0.245. The highest BCUT2D eigenvalue weighted by atomic mass is 79.9. The fraction of sp³-hybridized carbons (Fsp3) is 0.200. The summed E-state index contributed by atoms with van der Waals surface area (Å²) >= 11 is 3.14. The standard InChI is InChI=1S/C15H14BrF2N/c1-8-6-10(7-9(2)13(8)17)15(19)11-4-3-5-12(16)14(11)18/h3-7,15H,19H2,1-2H3. The van der Waals surface area contributed by atoms with Gasteiger partial charge in [-0.1, -0.05) is 24.3 Å². The van der Waals surface area contributed by atoms with Gasteiger partial charge in [-0.05, 0) is 52.5 Å². The molecule has 0 aliphatic heterocycles. The zero-order chi connectivity index (χ0) is 14.2. The molecule has 2 N–H and O–H groups in total. The smallest absolute Gasteiger partial charge is 0.142 e. The molecule has 0 saturated carbocycles. The molecule has 0 amide bonds. The molecule has 0 aliphatic carbocycles. The lowest BCUT2D eigenvalue weighted by atomic mass is 9.96. The van der Waals surface area contributed by atoms with Crippen LogP contribution in [0.1, 0.15) is 28.3 Å². The topological polar surface area (TPSA) is 26.0 Å². The lowest BCUT2D eigenvalue weighted by Gasteiger charge is -2.16. The molecule has 1 unspecified atom stereocenters. The van der Waals surface area contributed by atoms with E-state index in [1.807, 2.05) is 0 Å². The van der Waals surface area contributed by atoms with E-state index in [9.17, 15) is 8.78 Å². The fourth-order valence-corrected chi connectivity index (χ4v) is 2.48. The van der Waals surface area contributed by atoms with Gasteiger partial charge in [0.15, 0.2) is 0 Å². The summed E-state index contributed by atoms with van der Waals surface area (Å²) in [7, 11) is 0. The number of hydrogen-bond acceptors (Lipinski definition) is 1. The minimum Gasteiger partial charge on any atom is -0.320 e. The van der Waals surface area contributed by atoms with Crippen LogP contribution >= 0.6 is 15.9 Å². The maximum absolute atomic E-state index is 14.0. The predicted molar refractivity (Wildman–Crippen MR) is 76.0 cm³/mol. The van der Waals surface area contributed by atoms with Crippen LogP contribution in [0.2, 0.25) is 0 Å². The van der Waals surface area contributed by atoms with Crippen LogP contribution in [-0.2, 0) is 0 Å². The van der Waals surface area contributed by atoms with Crippen molar-refractivity contribution >= 4 is 15.9 Å². The first-order valence-corrected chi connectivity index (χ1v) is 6.67. The Morgan fingerprint density at radius 1 is 1.05 bits per heavy atom. The Kier molecular flexibility index (Phi) is 4.02. The van der Waals surface area contributed by atoms with Gasteiger partial charge >= 0.3 is 0 Å². The zero-order valence-electron chi connectivity index (χ0n) is 10.7. The van der Waals surface area contributed by atoms with Crippen LogP contribution in [0.4, 0.5) is 8.78 Å². The van der Waals surface area contributed by atoms with Crippen molar-refractivity contribution < 1.29 is 8.78 Å². The second-order valence-corrected chi connectivity index (χ2v) is 5.44. The van der Waals surface area contributed by atoms with Gasteiger partial charge in [-0.15, -0.1) is 0 Å². The molecular weight excluding hydrogens is 312 g/mol. The summed E-state index contributed by atoms with van der Waals surface area (Å²) in [5.74, 6) is -0.625. The lowest BCUT2D eigenvalue weighted by Crippen LogP contribution is -2.14. The molecule has 1 atom stereocenters. The van der Waals surface area contributed by atoms with Gasteiger partial charge in [0.05, 0.1) is 10.5 Å². The van der Waals surface area contributed by atoms with Crippen molar-refractivity contribution in [3.63, 3.8) is 0 Å². The van der Waals surface area contributed by atoms with Gasteiger partial charge in [0, 0.05) is 5.56 Å². The molecule has 4 heteroatoms. The number of hydrogen-bond donors (Lipinski definition) is 1. The van der Waals surface area contributed by atoms with Crippen LogP contribution in [0.25, 0.3) is 0 Å². The van der Waals surface area contributed by atoms with E-state index in [2.05, 4.69) is 15.9 Å². The fourth-order valence-electron chi connectivity index (χ4n) is 2.10. The summed E-state index contributed by atoms with van der Waals surface area (Å²) in [6.45, 7) is 3.35. The van der Waals surface area contributed by atoms with E-state index in [-0.39, 0.29) is 11.6 Å². The zero-order valence-corrected chi connectivity index (χ0v) is 12.3. The average Bonchev–Trinajstić information content (AvgIpc) is 2.38.